The minimum absolute atomic E-state index is 0.419. The van der Waals surface area contributed by atoms with E-state index in [2.05, 4.69) is 6.92 Å². The Labute approximate surface area is 196 Å². The van der Waals surface area contributed by atoms with Gasteiger partial charge in [-0.1, -0.05) is 116 Å². The maximum Gasteiger partial charge on any atom is 0.184 e. The molecule has 0 spiro atoms. The molecule has 1 rings (SSSR count). The van der Waals surface area contributed by atoms with Crippen molar-refractivity contribution in [3.05, 3.63) is 0 Å². The first-order chi connectivity index (χ1) is 15.6. The molecule has 1 heterocycles. The molecule has 6 nitrogen and oxygen atoms in total. The Morgan fingerprint density at radius 1 is 0.594 bits per heavy atom. The van der Waals surface area contributed by atoms with Gasteiger partial charge in [-0.05, 0) is 6.42 Å². The molecular formula is C26H52O6. The van der Waals surface area contributed by atoms with Crippen molar-refractivity contribution in [1.82, 2.24) is 0 Å². The molecule has 0 aromatic heterocycles. The highest BCUT2D eigenvalue weighted by Crippen LogP contribution is 2.22. The highest BCUT2D eigenvalue weighted by molar-refractivity contribution is 4.89. The molecule has 1 fully saturated rings. The molecule has 0 aliphatic carbocycles. The second kappa shape index (κ2) is 20.2. The van der Waals surface area contributed by atoms with Gasteiger partial charge in [-0.2, -0.15) is 0 Å². The van der Waals surface area contributed by atoms with E-state index in [-0.39, 0.29) is 0 Å². The number of rotatable bonds is 21. The summed E-state index contributed by atoms with van der Waals surface area (Å²) in [6.07, 6.45) is 18.0. The van der Waals surface area contributed by atoms with Gasteiger partial charge in [-0.15, -0.1) is 0 Å². The molecular weight excluding hydrogens is 408 g/mol. The molecule has 0 bridgehead atoms. The number of hydrogen-bond acceptors (Lipinski definition) is 6. The van der Waals surface area contributed by atoms with Crippen LogP contribution in [0.2, 0.25) is 0 Å². The van der Waals surface area contributed by atoms with Gasteiger partial charge in [0.15, 0.2) is 6.29 Å². The van der Waals surface area contributed by atoms with Crippen LogP contribution in [0.15, 0.2) is 0 Å². The standard InChI is InChI=1S/C26H52O6/c1-2-3-4-5-6-7-8-9-10-11-12-13-14-15-16-17-18-19-20-31-25-23(28)22(21-27)32-26(30)24(25)29/h22-30H,2-21H2,1H3/t22-,23-,24-,25+,26?/m1/s1. The van der Waals surface area contributed by atoms with Crippen LogP contribution < -0.4 is 0 Å². The highest BCUT2D eigenvalue weighted by atomic mass is 16.6. The SMILES string of the molecule is CCCCCCCCCCCCCCCCCCCCO[C@H]1[C@H](O)[C@@H](CO)OC(O)[C@@H]1O. The topological polar surface area (TPSA) is 99.4 Å². The fourth-order valence-electron chi connectivity index (χ4n) is 4.49. The first-order valence-corrected chi connectivity index (χ1v) is 13.5. The number of aliphatic hydroxyl groups is 4. The molecule has 192 valence electrons. The van der Waals surface area contributed by atoms with Gasteiger partial charge in [0.25, 0.3) is 0 Å². The fraction of sp³-hybridized carbons (Fsp3) is 1.00. The molecule has 0 amide bonds. The van der Waals surface area contributed by atoms with Crippen molar-refractivity contribution in [1.29, 1.82) is 0 Å². The van der Waals surface area contributed by atoms with Crippen molar-refractivity contribution in [2.75, 3.05) is 13.2 Å². The van der Waals surface area contributed by atoms with Crippen molar-refractivity contribution in [3.63, 3.8) is 0 Å². The van der Waals surface area contributed by atoms with E-state index in [1.807, 2.05) is 0 Å². The Bertz CT molecular complexity index is 408. The van der Waals surface area contributed by atoms with Gasteiger partial charge in [-0.3, -0.25) is 0 Å². The molecule has 5 atom stereocenters. The van der Waals surface area contributed by atoms with Crippen LogP contribution >= 0.6 is 0 Å². The zero-order chi connectivity index (χ0) is 23.4. The summed E-state index contributed by atoms with van der Waals surface area (Å²) in [7, 11) is 0. The van der Waals surface area contributed by atoms with Gasteiger partial charge >= 0.3 is 0 Å². The fourth-order valence-corrected chi connectivity index (χ4v) is 4.49. The lowest BCUT2D eigenvalue weighted by atomic mass is 9.99. The van der Waals surface area contributed by atoms with Gasteiger partial charge < -0.3 is 29.9 Å². The van der Waals surface area contributed by atoms with Crippen LogP contribution in [-0.2, 0) is 9.47 Å². The first-order valence-electron chi connectivity index (χ1n) is 13.5. The lowest BCUT2D eigenvalue weighted by molar-refractivity contribution is -0.294. The van der Waals surface area contributed by atoms with Crippen LogP contribution in [-0.4, -0.2) is 64.3 Å². The van der Waals surface area contributed by atoms with Gasteiger partial charge in [0.2, 0.25) is 0 Å². The summed E-state index contributed by atoms with van der Waals surface area (Å²) < 4.78 is 10.5. The molecule has 0 radical (unpaired) electrons. The van der Waals surface area contributed by atoms with Crippen LogP contribution in [0.4, 0.5) is 0 Å². The maximum atomic E-state index is 10.1. The number of ether oxygens (including phenoxy) is 2. The van der Waals surface area contributed by atoms with E-state index < -0.39 is 37.3 Å². The van der Waals surface area contributed by atoms with Crippen LogP contribution in [0.1, 0.15) is 122 Å². The molecule has 4 N–H and O–H groups in total. The van der Waals surface area contributed by atoms with Crippen LogP contribution in [0.25, 0.3) is 0 Å². The van der Waals surface area contributed by atoms with E-state index in [1.165, 1.54) is 103 Å². The van der Waals surface area contributed by atoms with Crippen molar-refractivity contribution in [3.8, 4) is 0 Å². The third-order valence-electron chi connectivity index (χ3n) is 6.65. The third-order valence-corrected chi connectivity index (χ3v) is 6.65. The monoisotopic (exact) mass is 460 g/mol. The van der Waals surface area contributed by atoms with Gasteiger partial charge in [-0.25, -0.2) is 0 Å². The Hall–Kier alpha value is -0.240. The van der Waals surface area contributed by atoms with Gasteiger partial charge in [0.05, 0.1) is 6.61 Å². The van der Waals surface area contributed by atoms with E-state index in [0.29, 0.717) is 6.61 Å². The second-order valence-electron chi connectivity index (χ2n) is 9.57. The molecule has 1 unspecified atom stereocenters. The lowest BCUT2D eigenvalue weighted by Gasteiger charge is -2.39. The highest BCUT2D eigenvalue weighted by Gasteiger charge is 2.44. The minimum Gasteiger partial charge on any atom is -0.394 e. The van der Waals surface area contributed by atoms with Crippen molar-refractivity contribution in [2.24, 2.45) is 0 Å². The lowest BCUT2D eigenvalue weighted by Crippen LogP contribution is -2.59. The molecule has 0 aromatic rings. The zero-order valence-electron chi connectivity index (χ0n) is 20.6. The predicted octanol–water partition coefficient (Wildman–Crippen LogP) is 4.84. The molecule has 1 aliphatic rings. The van der Waals surface area contributed by atoms with Gasteiger partial charge in [0, 0.05) is 6.61 Å². The van der Waals surface area contributed by atoms with E-state index in [4.69, 9.17) is 9.47 Å². The summed E-state index contributed by atoms with van der Waals surface area (Å²) in [6.45, 7) is 2.27. The smallest absolute Gasteiger partial charge is 0.184 e. The summed E-state index contributed by atoms with van der Waals surface area (Å²) >= 11 is 0. The summed E-state index contributed by atoms with van der Waals surface area (Å²) in [5, 5.41) is 38.9. The second-order valence-corrected chi connectivity index (χ2v) is 9.57. The van der Waals surface area contributed by atoms with Crippen LogP contribution in [0.5, 0.6) is 0 Å². The molecule has 6 heteroatoms. The Morgan fingerprint density at radius 2 is 1.00 bits per heavy atom. The average Bonchev–Trinajstić information content (AvgIpc) is 2.79. The molecule has 0 saturated carbocycles. The zero-order valence-corrected chi connectivity index (χ0v) is 20.6. The van der Waals surface area contributed by atoms with Crippen LogP contribution in [0, 0.1) is 0 Å². The van der Waals surface area contributed by atoms with Crippen molar-refractivity contribution >= 4 is 0 Å². The molecule has 1 saturated heterocycles. The summed E-state index contributed by atoms with van der Waals surface area (Å²) in [6, 6.07) is 0. The largest absolute Gasteiger partial charge is 0.394 e. The van der Waals surface area contributed by atoms with E-state index in [9.17, 15) is 20.4 Å². The minimum atomic E-state index is -1.44. The normalized spacial score (nSPS) is 26.0. The summed E-state index contributed by atoms with van der Waals surface area (Å²) in [5.74, 6) is 0. The number of aliphatic hydroxyl groups excluding tert-OH is 4. The molecule has 0 aromatic carbocycles. The Kier molecular flexibility index (Phi) is 18.8. The predicted molar refractivity (Wildman–Crippen MR) is 128 cm³/mol. The summed E-state index contributed by atoms with van der Waals surface area (Å²) in [5.41, 5.74) is 0. The first kappa shape index (κ1) is 29.8. The van der Waals surface area contributed by atoms with Gasteiger partial charge in [0.1, 0.15) is 24.4 Å². The van der Waals surface area contributed by atoms with E-state index >= 15 is 0 Å². The number of hydrogen-bond donors (Lipinski definition) is 4. The Morgan fingerprint density at radius 3 is 1.41 bits per heavy atom. The molecule has 1 aliphatic heterocycles. The van der Waals surface area contributed by atoms with Crippen molar-refractivity contribution < 1.29 is 29.9 Å². The Balaban J connectivity index is 1.84. The average molecular weight is 461 g/mol. The van der Waals surface area contributed by atoms with Crippen molar-refractivity contribution in [2.45, 2.75) is 153 Å². The maximum absolute atomic E-state index is 10.1. The molecule has 32 heavy (non-hydrogen) atoms. The number of unbranched alkanes of at least 4 members (excludes halogenated alkanes) is 17. The third kappa shape index (κ3) is 13.5. The quantitative estimate of drug-likeness (QED) is 0.183. The van der Waals surface area contributed by atoms with Crippen LogP contribution in [0.3, 0.4) is 0 Å². The van der Waals surface area contributed by atoms with E-state index in [0.717, 1.165) is 12.8 Å². The van der Waals surface area contributed by atoms with E-state index in [1.54, 1.807) is 0 Å². The summed E-state index contributed by atoms with van der Waals surface area (Å²) in [4.78, 5) is 0.